The van der Waals surface area contributed by atoms with Crippen molar-refractivity contribution in [1.29, 1.82) is 0 Å². The summed E-state index contributed by atoms with van der Waals surface area (Å²) in [7, 11) is 0. The van der Waals surface area contributed by atoms with E-state index in [1.54, 1.807) is 28.4 Å². The largest absolute Gasteiger partial charge is 0.416 e. The molecule has 0 atom stereocenters. The van der Waals surface area contributed by atoms with Crippen molar-refractivity contribution in [2.24, 2.45) is 0 Å². The normalized spacial score (nSPS) is 14.9. The minimum absolute atomic E-state index is 0.243. The fourth-order valence-electron chi connectivity index (χ4n) is 5.02. The van der Waals surface area contributed by atoms with Crippen molar-refractivity contribution < 1.29 is 22.4 Å². The lowest BCUT2D eigenvalue weighted by molar-refractivity contribution is -0.137. The van der Waals surface area contributed by atoms with E-state index in [-0.39, 0.29) is 17.3 Å². The molecule has 0 unspecified atom stereocenters. The first-order chi connectivity index (χ1) is 18.7. The molecule has 0 radical (unpaired) electrons. The molecular formula is C29H24F4N4OS. The van der Waals surface area contributed by atoms with Crippen molar-refractivity contribution in [2.75, 3.05) is 26.2 Å². The lowest BCUT2D eigenvalue weighted by Gasteiger charge is -2.34. The van der Waals surface area contributed by atoms with Crippen LogP contribution in [0.4, 0.5) is 17.6 Å². The number of fused-ring (bicyclic) bond motifs is 3. The number of piperazine rings is 1. The van der Waals surface area contributed by atoms with Crippen LogP contribution in [0.25, 0.3) is 26.4 Å². The third-order valence-corrected chi connectivity index (χ3v) is 8.11. The Balaban J connectivity index is 1.25. The topological polar surface area (TPSA) is 40.9 Å². The summed E-state index contributed by atoms with van der Waals surface area (Å²) in [5.41, 5.74) is 4.32. The van der Waals surface area contributed by atoms with Crippen LogP contribution in [0.1, 0.15) is 27.2 Å². The predicted octanol–water partition coefficient (Wildman–Crippen LogP) is 6.64. The van der Waals surface area contributed by atoms with E-state index in [0.717, 1.165) is 44.3 Å². The first-order valence-corrected chi connectivity index (χ1v) is 13.3. The van der Waals surface area contributed by atoms with Crippen LogP contribution in [-0.2, 0) is 12.7 Å². The maximum Gasteiger partial charge on any atom is 0.416 e. The highest BCUT2D eigenvalue weighted by Crippen LogP contribution is 2.34. The quantitative estimate of drug-likeness (QED) is 0.235. The fourth-order valence-corrected chi connectivity index (χ4v) is 6.17. The molecule has 1 saturated heterocycles. The second kappa shape index (κ2) is 9.77. The number of thiazole rings is 1. The monoisotopic (exact) mass is 552 g/mol. The summed E-state index contributed by atoms with van der Waals surface area (Å²) in [5.74, 6) is -0.586. The van der Waals surface area contributed by atoms with E-state index in [2.05, 4.69) is 34.4 Å². The number of hydrogen-bond acceptors (Lipinski definition) is 4. The highest BCUT2D eigenvalue weighted by Gasteiger charge is 2.31. The lowest BCUT2D eigenvalue weighted by atomic mass is 10.1. The Morgan fingerprint density at radius 2 is 1.64 bits per heavy atom. The van der Waals surface area contributed by atoms with Gasteiger partial charge >= 0.3 is 6.18 Å². The van der Waals surface area contributed by atoms with Crippen molar-refractivity contribution in [3.63, 3.8) is 0 Å². The molecule has 1 amide bonds. The van der Waals surface area contributed by atoms with Crippen LogP contribution in [0.3, 0.4) is 0 Å². The average Bonchev–Trinajstić information content (AvgIpc) is 3.44. The molecule has 0 spiro atoms. The third kappa shape index (κ3) is 4.90. The second-order valence-electron chi connectivity index (χ2n) is 9.75. The van der Waals surface area contributed by atoms with Gasteiger partial charge in [-0.05, 0) is 73.2 Å². The van der Waals surface area contributed by atoms with Crippen molar-refractivity contribution in [1.82, 2.24) is 19.2 Å². The van der Waals surface area contributed by atoms with Gasteiger partial charge in [-0.25, -0.2) is 9.37 Å². The molecule has 200 valence electrons. The first kappa shape index (κ1) is 25.5. The molecule has 3 aromatic carbocycles. The molecule has 5 aromatic rings. The molecule has 0 aliphatic carbocycles. The van der Waals surface area contributed by atoms with Crippen LogP contribution in [0.2, 0.25) is 0 Å². The number of amides is 1. The Morgan fingerprint density at radius 3 is 2.31 bits per heavy atom. The molecule has 1 fully saturated rings. The minimum Gasteiger partial charge on any atom is -0.336 e. The van der Waals surface area contributed by atoms with E-state index in [1.807, 2.05) is 0 Å². The zero-order valence-electron chi connectivity index (χ0n) is 21.0. The van der Waals surface area contributed by atoms with Gasteiger partial charge in [-0.15, -0.1) is 0 Å². The number of benzene rings is 3. The SMILES string of the molecule is Cc1ccc2c(c1)sc1nc(-c3ccc(F)cc3)c(CN3CCN(C(=O)c4ccc(C(F)(F)F)cc4)CC3)n12. The van der Waals surface area contributed by atoms with Gasteiger partial charge in [-0.2, -0.15) is 13.2 Å². The standard InChI is InChI=1S/C29H24F4N4OS/c1-18-2-11-23-25(16-18)39-28-34-26(19-5-9-22(30)10-6-19)24(37(23)28)17-35-12-14-36(15-13-35)27(38)20-3-7-21(8-4-20)29(31,32)33/h2-11,16H,12-15,17H2,1H3. The summed E-state index contributed by atoms with van der Waals surface area (Å²) in [6.07, 6.45) is -4.44. The van der Waals surface area contributed by atoms with E-state index in [0.29, 0.717) is 32.7 Å². The Labute approximate surface area is 225 Å². The van der Waals surface area contributed by atoms with Gasteiger partial charge in [-0.1, -0.05) is 17.4 Å². The molecule has 0 saturated carbocycles. The molecule has 3 heterocycles. The molecule has 0 N–H and O–H groups in total. The zero-order chi connectivity index (χ0) is 27.3. The van der Waals surface area contributed by atoms with Gasteiger partial charge in [0.15, 0.2) is 4.96 Å². The van der Waals surface area contributed by atoms with Gasteiger partial charge in [0.05, 0.1) is 27.2 Å². The van der Waals surface area contributed by atoms with E-state index in [9.17, 15) is 22.4 Å². The van der Waals surface area contributed by atoms with E-state index in [1.165, 1.54) is 29.8 Å². The lowest BCUT2D eigenvalue weighted by Crippen LogP contribution is -2.48. The molecule has 6 rings (SSSR count). The number of carbonyl (C=O) groups is 1. The van der Waals surface area contributed by atoms with Gasteiger partial charge < -0.3 is 4.90 Å². The van der Waals surface area contributed by atoms with Crippen LogP contribution in [-0.4, -0.2) is 51.3 Å². The predicted molar refractivity (Wildman–Crippen MR) is 143 cm³/mol. The number of hydrogen-bond donors (Lipinski definition) is 0. The average molecular weight is 553 g/mol. The number of aromatic nitrogens is 2. The summed E-state index contributed by atoms with van der Waals surface area (Å²) in [5, 5.41) is 0. The minimum atomic E-state index is -4.44. The summed E-state index contributed by atoms with van der Waals surface area (Å²) in [6, 6.07) is 17.0. The molecule has 2 aromatic heterocycles. The van der Waals surface area contributed by atoms with Crippen LogP contribution in [0, 0.1) is 12.7 Å². The number of nitrogens with zero attached hydrogens (tertiary/aromatic N) is 4. The molecular weight excluding hydrogens is 528 g/mol. The number of halogens is 4. The summed E-state index contributed by atoms with van der Waals surface area (Å²) < 4.78 is 55.6. The molecule has 10 heteroatoms. The fraction of sp³-hybridized carbons (Fsp3) is 0.241. The van der Waals surface area contributed by atoms with Gasteiger partial charge in [0.1, 0.15) is 5.82 Å². The first-order valence-electron chi connectivity index (χ1n) is 12.5. The third-order valence-electron chi connectivity index (χ3n) is 7.11. The van der Waals surface area contributed by atoms with Crippen molar-refractivity contribution in [2.45, 2.75) is 19.6 Å². The summed E-state index contributed by atoms with van der Waals surface area (Å²) in [4.78, 5) is 22.7. The van der Waals surface area contributed by atoms with Gasteiger partial charge in [-0.3, -0.25) is 14.1 Å². The molecule has 1 aliphatic heterocycles. The Hall–Kier alpha value is -3.76. The highest BCUT2D eigenvalue weighted by atomic mass is 32.1. The molecule has 5 nitrogen and oxygen atoms in total. The molecule has 39 heavy (non-hydrogen) atoms. The van der Waals surface area contributed by atoms with E-state index >= 15 is 0 Å². The Morgan fingerprint density at radius 1 is 0.949 bits per heavy atom. The maximum atomic E-state index is 13.6. The van der Waals surface area contributed by atoms with Crippen LogP contribution >= 0.6 is 11.3 Å². The zero-order valence-corrected chi connectivity index (χ0v) is 21.8. The summed E-state index contributed by atoms with van der Waals surface area (Å²) >= 11 is 1.61. The smallest absolute Gasteiger partial charge is 0.336 e. The highest BCUT2D eigenvalue weighted by molar-refractivity contribution is 7.23. The van der Waals surface area contributed by atoms with E-state index < -0.39 is 11.7 Å². The number of carbonyl (C=O) groups excluding carboxylic acids is 1. The maximum absolute atomic E-state index is 13.6. The van der Waals surface area contributed by atoms with Crippen LogP contribution in [0.5, 0.6) is 0 Å². The molecule has 0 bridgehead atoms. The van der Waals surface area contributed by atoms with Crippen LogP contribution in [0.15, 0.2) is 66.7 Å². The van der Waals surface area contributed by atoms with Crippen molar-refractivity contribution in [3.05, 3.63) is 94.9 Å². The number of rotatable bonds is 4. The Bertz CT molecular complexity index is 1660. The van der Waals surface area contributed by atoms with Gasteiger partial charge in [0, 0.05) is 43.9 Å². The summed E-state index contributed by atoms with van der Waals surface area (Å²) in [6.45, 7) is 4.75. The molecule has 1 aliphatic rings. The van der Waals surface area contributed by atoms with Crippen LogP contribution < -0.4 is 0 Å². The second-order valence-corrected chi connectivity index (χ2v) is 10.8. The number of alkyl halides is 3. The van der Waals surface area contributed by atoms with Crippen molar-refractivity contribution >= 4 is 32.4 Å². The van der Waals surface area contributed by atoms with Crippen molar-refractivity contribution in [3.8, 4) is 11.3 Å². The Kier molecular flexibility index (Phi) is 6.39. The van der Waals surface area contributed by atoms with Gasteiger partial charge in [0.25, 0.3) is 5.91 Å². The number of imidazole rings is 1. The van der Waals surface area contributed by atoms with E-state index in [4.69, 9.17) is 4.98 Å². The number of aryl methyl sites for hydroxylation is 1. The van der Waals surface area contributed by atoms with Gasteiger partial charge in [0.2, 0.25) is 0 Å².